The molecule has 186 valence electrons. The minimum Gasteiger partial charge on any atom is -0.462 e. The van der Waals surface area contributed by atoms with Crippen LogP contribution < -0.4 is 4.74 Å². The Morgan fingerprint density at radius 3 is 1.82 bits per heavy atom. The van der Waals surface area contributed by atoms with Crippen molar-refractivity contribution in [3.05, 3.63) is 63.6 Å². The summed E-state index contributed by atoms with van der Waals surface area (Å²) in [5.41, 5.74) is 0.294. The number of carbonyl (C=O) groups is 2. The highest BCUT2D eigenvalue weighted by atomic mass is 35.5. The van der Waals surface area contributed by atoms with Crippen LogP contribution in [0.4, 0.5) is 0 Å². The smallest absolute Gasteiger partial charge is 0.344 e. The average molecular weight is 507 g/mol. The molecule has 0 atom stereocenters. The van der Waals surface area contributed by atoms with E-state index in [0.717, 1.165) is 19.3 Å². The Bertz CT molecular complexity index is 898. The van der Waals surface area contributed by atoms with Crippen LogP contribution in [0.5, 0.6) is 5.75 Å². The molecule has 0 aliphatic carbocycles. The summed E-state index contributed by atoms with van der Waals surface area (Å²) in [6.45, 7) is 2.58. The second-order valence-electron chi connectivity index (χ2n) is 8.53. The summed E-state index contributed by atoms with van der Waals surface area (Å²) in [4.78, 5) is 25.2. The maximum Gasteiger partial charge on any atom is 0.344 e. The van der Waals surface area contributed by atoms with Crippen molar-refractivity contribution >= 4 is 35.1 Å². The fraction of sp³-hybridized carbons (Fsp3) is 0.500. The molecule has 0 N–H and O–H groups in total. The molecule has 2 rings (SSSR count). The quantitative estimate of drug-likeness (QED) is 0.129. The van der Waals surface area contributed by atoms with Crippen LogP contribution in [0.3, 0.4) is 0 Å². The number of esters is 2. The fourth-order valence-corrected chi connectivity index (χ4v) is 4.05. The van der Waals surface area contributed by atoms with E-state index < -0.39 is 11.9 Å². The largest absolute Gasteiger partial charge is 0.462 e. The van der Waals surface area contributed by atoms with E-state index in [-0.39, 0.29) is 21.9 Å². The van der Waals surface area contributed by atoms with E-state index in [1.807, 2.05) is 0 Å². The Labute approximate surface area is 213 Å². The molecule has 0 aromatic heterocycles. The molecule has 0 aliphatic heterocycles. The third-order valence-corrected chi connectivity index (χ3v) is 6.24. The molecule has 4 nitrogen and oxygen atoms in total. The van der Waals surface area contributed by atoms with Gasteiger partial charge >= 0.3 is 11.9 Å². The van der Waals surface area contributed by atoms with Gasteiger partial charge in [-0.05, 0) is 30.7 Å². The molecule has 0 bridgehead atoms. The minimum atomic E-state index is -0.693. The van der Waals surface area contributed by atoms with E-state index in [1.54, 1.807) is 30.3 Å². The lowest BCUT2D eigenvalue weighted by atomic mass is 10.1. The van der Waals surface area contributed by atoms with Gasteiger partial charge in [-0.1, -0.05) is 113 Å². The lowest BCUT2D eigenvalue weighted by Gasteiger charge is -2.10. The SMILES string of the molecule is CCCCCCCCCCCCCCOC(=O)c1ccccc1C(=O)Oc1cc(Cl)ccc1Cl. The van der Waals surface area contributed by atoms with Gasteiger partial charge in [0.2, 0.25) is 0 Å². The van der Waals surface area contributed by atoms with Gasteiger partial charge < -0.3 is 9.47 Å². The van der Waals surface area contributed by atoms with Crippen LogP contribution >= 0.6 is 23.2 Å². The molecule has 34 heavy (non-hydrogen) atoms. The van der Waals surface area contributed by atoms with E-state index in [9.17, 15) is 9.59 Å². The maximum absolute atomic E-state index is 12.7. The van der Waals surface area contributed by atoms with E-state index in [0.29, 0.717) is 11.6 Å². The van der Waals surface area contributed by atoms with E-state index in [2.05, 4.69) is 6.92 Å². The van der Waals surface area contributed by atoms with Gasteiger partial charge in [-0.15, -0.1) is 0 Å². The van der Waals surface area contributed by atoms with Gasteiger partial charge in [0, 0.05) is 11.1 Å². The molecular formula is C28H36Cl2O4. The van der Waals surface area contributed by atoms with Gasteiger partial charge in [0.15, 0.2) is 5.75 Å². The third-order valence-electron chi connectivity index (χ3n) is 5.69. The van der Waals surface area contributed by atoms with Crippen molar-refractivity contribution in [1.82, 2.24) is 0 Å². The van der Waals surface area contributed by atoms with Crippen LogP contribution in [-0.2, 0) is 4.74 Å². The zero-order valence-corrected chi connectivity index (χ0v) is 21.6. The summed E-state index contributed by atoms with van der Waals surface area (Å²) in [5.74, 6) is -1.09. The Morgan fingerprint density at radius 1 is 0.706 bits per heavy atom. The predicted octanol–water partition coefficient (Wildman–Crippen LogP) is 9.07. The van der Waals surface area contributed by atoms with Crippen molar-refractivity contribution in [2.75, 3.05) is 6.61 Å². The molecule has 6 heteroatoms. The van der Waals surface area contributed by atoms with Crippen LogP contribution in [0.2, 0.25) is 10.0 Å². The van der Waals surface area contributed by atoms with Crippen molar-refractivity contribution in [2.24, 2.45) is 0 Å². The molecular weight excluding hydrogens is 471 g/mol. The Morgan fingerprint density at radius 2 is 1.24 bits per heavy atom. The Hall–Kier alpha value is -2.04. The van der Waals surface area contributed by atoms with Crippen molar-refractivity contribution < 1.29 is 19.1 Å². The van der Waals surface area contributed by atoms with Crippen LogP contribution in [0.1, 0.15) is 105 Å². The summed E-state index contributed by atoms with van der Waals surface area (Å²) in [6, 6.07) is 11.0. The van der Waals surface area contributed by atoms with Crippen molar-refractivity contribution in [3.63, 3.8) is 0 Å². The lowest BCUT2D eigenvalue weighted by Crippen LogP contribution is -2.16. The number of carbonyl (C=O) groups excluding carboxylic acids is 2. The van der Waals surface area contributed by atoms with Crippen molar-refractivity contribution in [1.29, 1.82) is 0 Å². The van der Waals surface area contributed by atoms with Crippen LogP contribution in [0.15, 0.2) is 42.5 Å². The summed E-state index contributed by atoms with van der Waals surface area (Å²) >= 11 is 12.0. The Balaban J connectivity index is 1.68. The second-order valence-corrected chi connectivity index (χ2v) is 9.38. The fourth-order valence-electron chi connectivity index (χ4n) is 3.74. The highest BCUT2D eigenvalue weighted by molar-refractivity contribution is 6.34. The summed E-state index contributed by atoms with van der Waals surface area (Å²) in [5, 5.41) is 0.645. The number of ether oxygens (including phenoxy) is 2. The highest BCUT2D eigenvalue weighted by Gasteiger charge is 2.20. The standard InChI is InChI=1S/C28H36Cl2O4/c1-2-3-4-5-6-7-8-9-10-11-12-15-20-33-27(31)23-16-13-14-17-24(23)28(32)34-26-21-22(29)18-19-25(26)30/h13-14,16-19,21H,2-12,15,20H2,1H3. The van der Waals surface area contributed by atoms with Crippen LogP contribution in [0.25, 0.3) is 0 Å². The van der Waals surface area contributed by atoms with E-state index in [1.165, 1.54) is 69.9 Å². The molecule has 0 saturated carbocycles. The molecule has 0 unspecified atom stereocenters. The zero-order valence-electron chi connectivity index (χ0n) is 20.1. The third kappa shape index (κ3) is 10.5. The topological polar surface area (TPSA) is 52.6 Å². The monoisotopic (exact) mass is 506 g/mol. The first-order valence-corrected chi connectivity index (χ1v) is 13.2. The summed E-state index contributed by atoms with van der Waals surface area (Å²) in [6.07, 6.45) is 14.9. The van der Waals surface area contributed by atoms with Gasteiger partial charge in [-0.3, -0.25) is 0 Å². The number of benzene rings is 2. The van der Waals surface area contributed by atoms with Crippen LogP contribution in [-0.4, -0.2) is 18.5 Å². The van der Waals surface area contributed by atoms with Gasteiger partial charge in [-0.25, -0.2) is 9.59 Å². The second kappa shape index (κ2) is 16.6. The average Bonchev–Trinajstić information content (AvgIpc) is 2.84. The molecule has 0 amide bonds. The molecule has 0 heterocycles. The van der Waals surface area contributed by atoms with E-state index in [4.69, 9.17) is 32.7 Å². The van der Waals surface area contributed by atoms with E-state index >= 15 is 0 Å². The maximum atomic E-state index is 12.7. The van der Waals surface area contributed by atoms with Crippen LogP contribution in [0, 0.1) is 0 Å². The molecule has 0 aliphatic rings. The first kappa shape index (κ1) is 28.2. The molecule has 2 aromatic rings. The number of hydrogen-bond acceptors (Lipinski definition) is 4. The number of rotatable bonds is 16. The van der Waals surface area contributed by atoms with Gasteiger partial charge in [-0.2, -0.15) is 0 Å². The molecule has 0 radical (unpaired) electrons. The predicted molar refractivity (Wildman–Crippen MR) is 139 cm³/mol. The lowest BCUT2D eigenvalue weighted by molar-refractivity contribution is 0.0489. The minimum absolute atomic E-state index is 0.123. The number of hydrogen-bond donors (Lipinski definition) is 0. The molecule has 0 fully saturated rings. The van der Waals surface area contributed by atoms with Crippen molar-refractivity contribution in [3.8, 4) is 5.75 Å². The first-order valence-electron chi connectivity index (χ1n) is 12.5. The highest BCUT2D eigenvalue weighted by Crippen LogP contribution is 2.28. The zero-order chi connectivity index (χ0) is 24.6. The normalized spacial score (nSPS) is 10.8. The first-order chi connectivity index (χ1) is 16.5. The van der Waals surface area contributed by atoms with Gasteiger partial charge in [0.05, 0.1) is 22.8 Å². The Kier molecular flexibility index (Phi) is 13.7. The molecule has 2 aromatic carbocycles. The molecule has 0 saturated heterocycles. The van der Waals surface area contributed by atoms with Gasteiger partial charge in [0.25, 0.3) is 0 Å². The van der Waals surface area contributed by atoms with Gasteiger partial charge in [0.1, 0.15) is 0 Å². The number of unbranched alkanes of at least 4 members (excludes halogenated alkanes) is 11. The summed E-state index contributed by atoms with van der Waals surface area (Å²) < 4.78 is 10.8. The molecule has 0 spiro atoms. The number of halogens is 2. The summed E-state index contributed by atoms with van der Waals surface area (Å²) in [7, 11) is 0. The van der Waals surface area contributed by atoms with Crippen molar-refractivity contribution in [2.45, 2.75) is 84.0 Å².